The molecular weight excluding hydrogens is 264 g/mol. The Morgan fingerprint density at radius 2 is 2.32 bits per heavy atom. The molecule has 1 aliphatic heterocycles. The zero-order chi connectivity index (χ0) is 14.0. The SMILES string of the molecule is CC(=O)NC1CCN(c2ccc(C(C)O)cc2Cl)C1. The number of carbonyl (C=O) groups excluding carboxylic acids is 1. The molecule has 0 aliphatic carbocycles. The van der Waals surface area contributed by atoms with Gasteiger partial charge in [0, 0.05) is 26.1 Å². The number of nitrogens with zero attached hydrogens (tertiary/aromatic N) is 1. The number of nitrogens with one attached hydrogen (secondary N) is 1. The van der Waals surface area contributed by atoms with E-state index >= 15 is 0 Å². The second kappa shape index (κ2) is 5.80. The molecule has 1 heterocycles. The van der Waals surface area contributed by atoms with Crippen molar-refractivity contribution in [1.29, 1.82) is 0 Å². The summed E-state index contributed by atoms with van der Waals surface area (Å²) in [4.78, 5) is 13.2. The van der Waals surface area contributed by atoms with Gasteiger partial charge in [-0.25, -0.2) is 0 Å². The van der Waals surface area contributed by atoms with E-state index in [1.165, 1.54) is 6.92 Å². The third-order valence-electron chi connectivity index (χ3n) is 3.39. The maximum atomic E-state index is 11.0. The maximum Gasteiger partial charge on any atom is 0.217 e. The Kier molecular flexibility index (Phi) is 4.32. The molecule has 1 aromatic rings. The lowest BCUT2D eigenvalue weighted by molar-refractivity contribution is -0.119. The van der Waals surface area contributed by atoms with Gasteiger partial charge in [0.2, 0.25) is 5.91 Å². The monoisotopic (exact) mass is 282 g/mol. The second-order valence-electron chi connectivity index (χ2n) is 5.02. The quantitative estimate of drug-likeness (QED) is 0.893. The van der Waals surface area contributed by atoms with Crippen molar-refractivity contribution in [1.82, 2.24) is 5.32 Å². The van der Waals surface area contributed by atoms with Crippen LogP contribution in [0.4, 0.5) is 5.69 Å². The molecule has 5 heteroatoms. The summed E-state index contributed by atoms with van der Waals surface area (Å²) in [5.74, 6) is 0.00222. The highest BCUT2D eigenvalue weighted by atomic mass is 35.5. The zero-order valence-corrected chi connectivity index (χ0v) is 11.9. The molecule has 0 bridgehead atoms. The van der Waals surface area contributed by atoms with Gasteiger partial charge in [0.05, 0.1) is 16.8 Å². The molecule has 1 fully saturated rings. The number of hydrogen-bond acceptors (Lipinski definition) is 3. The van der Waals surface area contributed by atoms with Crippen molar-refractivity contribution in [3.05, 3.63) is 28.8 Å². The van der Waals surface area contributed by atoms with Crippen molar-refractivity contribution in [2.24, 2.45) is 0 Å². The van der Waals surface area contributed by atoms with Gasteiger partial charge in [-0.15, -0.1) is 0 Å². The van der Waals surface area contributed by atoms with E-state index in [1.807, 2.05) is 12.1 Å². The summed E-state index contributed by atoms with van der Waals surface area (Å²) < 4.78 is 0. The van der Waals surface area contributed by atoms with Crippen molar-refractivity contribution in [2.75, 3.05) is 18.0 Å². The molecule has 0 aromatic heterocycles. The molecule has 1 aromatic carbocycles. The zero-order valence-electron chi connectivity index (χ0n) is 11.2. The Morgan fingerprint density at radius 3 is 2.89 bits per heavy atom. The first-order chi connectivity index (χ1) is 8.97. The maximum absolute atomic E-state index is 11.0. The smallest absolute Gasteiger partial charge is 0.217 e. The molecule has 104 valence electrons. The predicted octanol–water partition coefficient (Wildman–Crippen LogP) is 2.11. The topological polar surface area (TPSA) is 52.6 Å². The Balaban J connectivity index is 2.09. The van der Waals surface area contributed by atoms with E-state index in [-0.39, 0.29) is 11.9 Å². The van der Waals surface area contributed by atoms with E-state index in [0.717, 1.165) is 30.8 Å². The standard InChI is InChI=1S/C14H19ClN2O2/c1-9(18)11-3-4-14(13(15)7-11)17-6-5-12(8-17)16-10(2)19/h3-4,7,9,12,18H,5-6,8H2,1-2H3,(H,16,19). The molecule has 2 atom stereocenters. The molecule has 2 N–H and O–H groups in total. The minimum atomic E-state index is -0.516. The van der Waals surface area contributed by atoms with Crippen LogP contribution in [0.3, 0.4) is 0 Å². The van der Waals surface area contributed by atoms with Crippen LogP contribution in [0.15, 0.2) is 18.2 Å². The van der Waals surface area contributed by atoms with Crippen molar-refractivity contribution in [2.45, 2.75) is 32.4 Å². The van der Waals surface area contributed by atoms with Gasteiger partial charge in [0.25, 0.3) is 0 Å². The Morgan fingerprint density at radius 1 is 1.58 bits per heavy atom. The third-order valence-corrected chi connectivity index (χ3v) is 3.69. The van der Waals surface area contributed by atoms with Crippen LogP contribution in [0, 0.1) is 0 Å². The van der Waals surface area contributed by atoms with Gasteiger partial charge in [-0.05, 0) is 31.0 Å². The van der Waals surface area contributed by atoms with Gasteiger partial charge in [0.15, 0.2) is 0 Å². The van der Waals surface area contributed by atoms with Gasteiger partial charge >= 0.3 is 0 Å². The highest BCUT2D eigenvalue weighted by molar-refractivity contribution is 6.33. The number of benzene rings is 1. The first-order valence-corrected chi connectivity index (χ1v) is 6.84. The summed E-state index contributed by atoms with van der Waals surface area (Å²) >= 11 is 6.27. The molecule has 1 saturated heterocycles. The molecule has 19 heavy (non-hydrogen) atoms. The van der Waals surface area contributed by atoms with Gasteiger partial charge in [0.1, 0.15) is 0 Å². The van der Waals surface area contributed by atoms with E-state index in [4.69, 9.17) is 11.6 Å². The lowest BCUT2D eigenvalue weighted by atomic mass is 10.1. The van der Waals surface area contributed by atoms with Crippen LogP contribution < -0.4 is 10.2 Å². The second-order valence-corrected chi connectivity index (χ2v) is 5.43. The average Bonchev–Trinajstić information content (AvgIpc) is 2.76. The molecule has 1 amide bonds. The van der Waals surface area contributed by atoms with Gasteiger partial charge in [-0.3, -0.25) is 4.79 Å². The number of amides is 1. The third kappa shape index (κ3) is 3.39. The van der Waals surface area contributed by atoms with E-state index in [1.54, 1.807) is 13.0 Å². The summed E-state index contributed by atoms with van der Waals surface area (Å²) in [6.07, 6.45) is 0.408. The molecule has 4 nitrogen and oxygen atoms in total. The number of aliphatic hydroxyl groups excluding tert-OH is 1. The van der Waals surface area contributed by atoms with Crippen LogP contribution in [0.2, 0.25) is 5.02 Å². The van der Waals surface area contributed by atoms with Crippen molar-refractivity contribution in [3.63, 3.8) is 0 Å². The molecule has 1 aliphatic rings. The summed E-state index contributed by atoms with van der Waals surface area (Å²) in [7, 11) is 0. The molecule has 2 rings (SSSR count). The van der Waals surface area contributed by atoms with Crippen molar-refractivity contribution >= 4 is 23.2 Å². The number of rotatable bonds is 3. The largest absolute Gasteiger partial charge is 0.389 e. The molecule has 0 spiro atoms. The van der Waals surface area contributed by atoms with Crippen molar-refractivity contribution in [3.8, 4) is 0 Å². The number of carbonyl (C=O) groups is 1. The fourth-order valence-electron chi connectivity index (χ4n) is 2.42. The van der Waals surface area contributed by atoms with Gasteiger partial charge in [-0.1, -0.05) is 17.7 Å². The lowest BCUT2D eigenvalue weighted by Gasteiger charge is -2.21. The fraction of sp³-hybridized carbons (Fsp3) is 0.500. The summed E-state index contributed by atoms with van der Waals surface area (Å²) in [5.41, 5.74) is 1.77. The fourth-order valence-corrected chi connectivity index (χ4v) is 2.73. The highest BCUT2D eigenvalue weighted by Crippen LogP contribution is 2.31. The van der Waals surface area contributed by atoms with E-state index in [0.29, 0.717) is 5.02 Å². The summed E-state index contributed by atoms with van der Waals surface area (Å²) in [6.45, 7) is 4.90. The minimum absolute atomic E-state index is 0.00222. The minimum Gasteiger partial charge on any atom is -0.389 e. The Bertz CT molecular complexity index is 477. The Labute approximate surface area is 118 Å². The van der Waals surface area contributed by atoms with E-state index in [9.17, 15) is 9.90 Å². The normalized spacial score (nSPS) is 20.4. The first kappa shape index (κ1) is 14.2. The Hall–Kier alpha value is -1.26. The molecule has 0 radical (unpaired) electrons. The molecular formula is C14H19ClN2O2. The van der Waals surface area contributed by atoms with Crippen LogP contribution in [-0.4, -0.2) is 30.1 Å². The molecule has 2 unspecified atom stereocenters. The number of aliphatic hydroxyl groups is 1. The van der Waals surface area contributed by atoms with Crippen LogP contribution >= 0.6 is 11.6 Å². The van der Waals surface area contributed by atoms with Crippen LogP contribution in [-0.2, 0) is 4.79 Å². The first-order valence-electron chi connectivity index (χ1n) is 6.47. The van der Waals surface area contributed by atoms with Crippen molar-refractivity contribution < 1.29 is 9.90 Å². The number of anilines is 1. The van der Waals surface area contributed by atoms with Crippen LogP contribution in [0.5, 0.6) is 0 Å². The lowest BCUT2D eigenvalue weighted by Crippen LogP contribution is -2.35. The molecule has 0 saturated carbocycles. The summed E-state index contributed by atoms with van der Waals surface area (Å²) in [5, 5.41) is 13.1. The van der Waals surface area contributed by atoms with E-state index in [2.05, 4.69) is 10.2 Å². The van der Waals surface area contributed by atoms with E-state index < -0.39 is 6.10 Å². The van der Waals surface area contributed by atoms with Crippen LogP contribution in [0.1, 0.15) is 31.9 Å². The summed E-state index contributed by atoms with van der Waals surface area (Å²) in [6, 6.07) is 5.80. The number of halogens is 1. The number of hydrogen-bond donors (Lipinski definition) is 2. The van der Waals surface area contributed by atoms with Crippen LogP contribution in [0.25, 0.3) is 0 Å². The van der Waals surface area contributed by atoms with Gasteiger partial charge in [-0.2, -0.15) is 0 Å². The predicted molar refractivity (Wildman–Crippen MR) is 76.5 cm³/mol. The highest BCUT2D eigenvalue weighted by Gasteiger charge is 2.24. The average molecular weight is 283 g/mol. The van der Waals surface area contributed by atoms with Gasteiger partial charge < -0.3 is 15.3 Å².